The molecule has 0 aliphatic heterocycles. The fraction of sp³-hybridized carbons (Fsp3) is 0.867. The van der Waals surface area contributed by atoms with Gasteiger partial charge in [-0.1, -0.05) is 34.5 Å². The van der Waals surface area contributed by atoms with Gasteiger partial charge in [-0.15, -0.1) is 11.6 Å². The Hall–Kier alpha value is 0.470. The third-order valence-electron chi connectivity index (χ3n) is 5.68. The standard InChI is InChI=1S/C15H24BrClO/c1-10-5-6-11(2)15(14(10,4)18)8-7-13(3,17)12(16)9-15/h6,10,12,18H,5,7-9H2,1-4H3/t10-,12-,13-,14+,15-/m0/s1. The summed E-state index contributed by atoms with van der Waals surface area (Å²) in [7, 11) is 0. The molecule has 5 atom stereocenters. The first-order valence-corrected chi connectivity index (χ1v) is 8.15. The van der Waals surface area contributed by atoms with Gasteiger partial charge in [-0.05, 0) is 52.4 Å². The van der Waals surface area contributed by atoms with Crippen LogP contribution in [-0.2, 0) is 0 Å². The molecular weight excluding hydrogens is 312 g/mol. The van der Waals surface area contributed by atoms with E-state index in [-0.39, 0.29) is 15.1 Å². The van der Waals surface area contributed by atoms with Crippen LogP contribution in [0.15, 0.2) is 11.6 Å². The lowest BCUT2D eigenvalue weighted by molar-refractivity contribution is -0.113. The van der Waals surface area contributed by atoms with Gasteiger partial charge in [0, 0.05) is 10.2 Å². The molecule has 0 radical (unpaired) electrons. The van der Waals surface area contributed by atoms with Crippen molar-refractivity contribution in [3.63, 3.8) is 0 Å². The minimum Gasteiger partial charge on any atom is -0.389 e. The summed E-state index contributed by atoms with van der Waals surface area (Å²) in [6, 6.07) is 0. The molecule has 0 aromatic carbocycles. The maximum absolute atomic E-state index is 11.1. The fourth-order valence-corrected chi connectivity index (χ4v) is 4.66. The van der Waals surface area contributed by atoms with Crippen molar-refractivity contribution in [1.82, 2.24) is 0 Å². The topological polar surface area (TPSA) is 20.2 Å². The van der Waals surface area contributed by atoms with Gasteiger partial charge < -0.3 is 5.11 Å². The molecule has 0 saturated heterocycles. The van der Waals surface area contributed by atoms with Gasteiger partial charge in [0.2, 0.25) is 0 Å². The van der Waals surface area contributed by atoms with E-state index in [1.165, 1.54) is 5.57 Å². The van der Waals surface area contributed by atoms with Gasteiger partial charge >= 0.3 is 0 Å². The van der Waals surface area contributed by atoms with E-state index < -0.39 is 5.60 Å². The largest absolute Gasteiger partial charge is 0.389 e. The van der Waals surface area contributed by atoms with E-state index in [1.807, 2.05) is 6.92 Å². The number of aliphatic hydroxyl groups is 1. The van der Waals surface area contributed by atoms with Crippen LogP contribution < -0.4 is 0 Å². The second-order valence-electron chi connectivity index (χ2n) is 6.70. The molecule has 2 rings (SSSR count). The maximum Gasteiger partial charge on any atom is 0.0741 e. The summed E-state index contributed by atoms with van der Waals surface area (Å²) in [6.45, 7) is 8.45. The Bertz CT molecular complexity index is 375. The molecule has 1 N–H and O–H groups in total. The van der Waals surface area contributed by atoms with Crippen LogP contribution in [-0.4, -0.2) is 20.4 Å². The van der Waals surface area contributed by atoms with Gasteiger partial charge in [-0.25, -0.2) is 0 Å². The Morgan fingerprint density at radius 3 is 2.56 bits per heavy atom. The smallest absolute Gasteiger partial charge is 0.0741 e. The third-order valence-corrected chi connectivity index (χ3v) is 7.73. The van der Waals surface area contributed by atoms with Crippen LogP contribution in [0.3, 0.4) is 0 Å². The Morgan fingerprint density at radius 2 is 2.00 bits per heavy atom. The van der Waals surface area contributed by atoms with E-state index in [0.29, 0.717) is 5.92 Å². The molecule has 0 heterocycles. The molecular formula is C15H24BrClO. The van der Waals surface area contributed by atoms with Crippen molar-refractivity contribution in [2.45, 2.75) is 68.7 Å². The maximum atomic E-state index is 11.1. The van der Waals surface area contributed by atoms with Crippen molar-refractivity contribution in [2.24, 2.45) is 11.3 Å². The molecule has 0 aromatic rings. The van der Waals surface area contributed by atoms with Gasteiger partial charge in [-0.2, -0.15) is 0 Å². The molecule has 0 unspecified atom stereocenters. The summed E-state index contributed by atoms with van der Waals surface area (Å²) in [5.41, 5.74) is 0.612. The summed E-state index contributed by atoms with van der Waals surface area (Å²) in [6.07, 6.45) is 6.14. The number of allylic oxidation sites excluding steroid dienone is 1. The predicted octanol–water partition coefficient (Wildman–Crippen LogP) is 4.65. The quantitative estimate of drug-likeness (QED) is 0.504. The number of alkyl halides is 2. The molecule has 2 aliphatic rings. The highest BCUT2D eigenvalue weighted by atomic mass is 79.9. The van der Waals surface area contributed by atoms with Crippen LogP contribution in [0.25, 0.3) is 0 Å². The molecule has 2 aliphatic carbocycles. The van der Waals surface area contributed by atoms with Gasteiger partial charge in [0.25, 0.3) is 0 Å². The number of rotatable bonds is 0. The summed E-state index contributed by atoms with van der Waals surface area (Å²) in [5, 5.41) is 11.1. The van der Waals surface area contributed by atoms with Crippen molar-refractivity contribution in [3.8, 4) is 0 Å². The van der Waals surface area contributed by atoms with Crippen molar-refractivity contribution >= 4 is 27.5 Å². The SMILES string of the molecule is CC1=CC[C@H](C)[C@@](C)(O)[C@]12CC[C@](C)(Cl)[C@@H](Br)C2. The lowest BCUT2D eigenvalue weighted by atomic mass is 9.53. The van der Waals surface area contributed by atoms with Gasteiger partial charge in [-0.3, -0.25) is 0 Å². The van der Waals surface area contributed by atoms with Crippen LogP contribution in [0, 0.1) is 11.3 Å². The van der Waals surface area contributed by atoms with E-state index in [2.05, 4.69) is 42.8 Å². The van der Waals surface area contributed by atoms with Crippen LogP contribution in [0.4, 0.5) is 0 Å². The van der Waals surface area contributed by atoms with E-state index >= 15 is 0 Å². The molecule has 0 bridgehead atoms. The molecule has 104 valence electrons. The molecule has 1 spiro atoms. The summed E-state index contributed by atoms with van der Waals surface area (Å²) >= 11 is 10.3. The van der Waals surface area contributed by atoms with Crippen molar-refractivity contribution in [2.75, 3.05) is 0 Å². The molecule has 0 aromatic heterocycles. The average molecular weight is 336 g/mol. The predicted molar refractivity (Wildman–Crippen MR) is 81.4 cm³/mol. The normalized spacial score (nSPS) is 53.4. The first-order chi connectivity index (χ1) is 8.13. The highest BCUT2D eigenvalue weighted by molar-refractivity contribution is 9.09. The fourth-order valence-electron chi connectivity index (χ4n) is 3.70. The molecule has 1 fully saturated rings. The van der Waals surface area contributed by atoms with Crippen LogP contribution in [0.1, 0.15) is 53.4 Å². The lowest BCUT2D eigenvalue weighted by Crippen LogP contribution is -2.58. The summed E-state index contributed by atoms with van der Waals surface area (Å²) in [5.74, 6) is 0.306. The molecule has 18 heavy (non-hydrogen) atoms. The Morgan fingerprint density at radius 1 is 1.39 bits per heavy atom. The van der Waals surface area contributed by atoms with Crippen molar-refractivity contribution in [3.05, 3.63) is 11.6 Å². The van der Waals surface area contributed by atoms with Crippen LogP contribution >= 0.6 is 27.5 Å². The molecule has 0 amide bonds. The highest BCUT2D eigenvalue weighted by Gasteiger charge is 2.57. The monoisotopic (exact) mass is 334 g/mol. The number of hydrogen-bond donors (Lipinski definition) is 1. The Balaban J connectivity index is 2.41. The zero-order valence-electron chi connectivity index (χ0n) is 11.8. The summed E-state index contributed by atoms with van der Waals surface area (Å²) in [4.78, 5) is 0.0583. The first kappa shape index (κ1) is 14.9. The zero-order valence-corrected chi connectivity index (χ0v) is 14.1. The van der Waals surface area contributed by atoms with Gasteiger partial charge in [0.15, 0.2) is 0 Å². The van der Waals surface area contributed by atoms with E-state index in [9.17, 15) is 5.11 Å². The molecule has 1 nitrogen and oxygen atoms in total. The second-order valence-corrected chi connectivity index (χ2v) is 8.67. The van der Waals surface area contributed by atoms with Crippen molar-refractivity contribution < 1.29 is 5.11 Å². The highest BCUT2D eigenvalue weighted by Crippen LogP contribution is 2.59. The minimum atomic E-state index is -0.634. The average Bonchev–Trinajstić information content (AvgIpc) is 2.27. The first-order valence-electron chi connectivity index (χ1n) is 6.86. The number of hydrogen-bond acceptors (Lipinski definition) is 1. The van der Waals surface area contributed by atoms with E-state index in [0.717, 1.165) is 25.7 Å². The van der Waals surface area contributed by atoms with E-state index in [1.54, 1.807) is 0 Å². The Kier molecular flexibility index (Phi) is 3.71. The van der Waals surface area contributed by atoms with Crippen LogP contribution in [0.2, 0.25) is 0 Å². The van der Waals surface area contributed by atoms with Crippen molar-refractivity contribution in [1.29, 1.82) is 0 Å². The summed E-state index contributed by atoms with van der Waals surface area (Å²) < 4.78 is 0. The third kappa shape index (κ3) is 1.99. The second kappa shape index (κ2) is 4.49. The van der Waals surface area contributed by atoms with Crippen LogP contribution in [0.5, 0.6) is 0 Å². The lowest BCUT2D eigenvalue weighted by Gasteiger charge is -2.57. The zero-order chi connectivity index (χ0) is 13.8. The number of halogens is 2. The van der Waals surface area contributed by atoms with Gasteiger partial charge in [0.05, 0.1) is 10.5 Å². The molecule has 1 saturated carbocycles. The van der Waals surface area contributed by atoms with E-state index in [4.69, 9.17) is 11.6 Å². The Labute approximate surface area is 124 Å². The minimum absolute atomic E-state index is 0.104. The molecule has 3 heteroatoms. The van der Waals surface area contributed by atoms with Gasteiger partial charge in [0.1, 0.15) is 0 Å².